The molecule has 0 spiro atoms. The number of nitrogens with two attached hydrogens (primary N) is 1. The van der Waals surface area contributed by atoms with Gasteiger partial charge in [-0.2, -0.15) is 5.10 Å². The highest BCUT2D eigenvalue weighted by Crippen LogP contribution is 2.23. The average molecular weight is 336 g/mol. The van der Waals surface area contributed by atoms with E-state index in [2.05, 4.69) is 28.0 Å². The maximum absolute atomic E-state index is 12.0. The van der Waals surface area contributed by atoms with Gasteiger partial charge in [-0.1, -0.05) is 6.92 Å². The fraction of sp³-hybridized carbons (Fsp3) is 0.750. The van der Waals surface area contributed by atoms with E-state index in [4.69, 9.17) is 5.73 Å². The standard InChI is InChI=1S/C12H22BrN3OS/c1-4-10-12(13)11(16(5-2)15-10)8-18(17)7-6-9(3)14/h9H,4-8,14H2,1-3H3. The lowest BCUT2D eigenvalue weighted by atomic mass is 10.3. The summed E-state index contributed by atoms with van der Waals surface area (Å²) in [6.07, 6.45) is 1.68. The van der Waals surface area contributed by atoms with Crippen molar-refractivity contribution in [2.75, 3.05) is 5.75 Å². The molecule has 0 aliphatic carbocycles. The first kappa shape index (κ1) is 15.9. The molecule has 1 rings (SSSR count). The van der Waals surface area contributed by atoms with Crippen LogP contribution in [0, 0.1) is 0 Å². The van der Waals surface area contributed by atoms with E-state index in [1.54, 1.807) is 0 Å². The second-order valence-corrected chi connectivity index (χ2v) is 6.80. The van der Waals surface area contributed by atoms with Gasteiger partial charge in [0.05, 0.1) is 21.6 Å². The molecule has 2 atom stereocenters. The zero-order valence-electron chi connectivity index (χ0n) is 11.3. The van der Waals surface area contributed by atoms with Crippen molar-refractivity contribution in [3.8, 4) is 0 Å². The van der Waals surface area contributed by atoms with Crippen LogP contribution in [-0.2, 0) is 29.5 Å². The molecule has 0 aromatic carbocycles. The summed E-state index contributed by atoms with van der Waals surface area (Å²) in [5, 5.41) is 4.51. The van der Waals surface area contributed by atoms with Crippen molar-refractivity contribution >= 4 is 26.7 Å². The van der Waals surface area contributed by atoms with Gasteiger partial charge in [0.25, 0.3) is 0 Å². The first-order valence-electron chi connectivity index (χ1n) is 6.34. The number of nitrogens with zero attached hydrogens (tertiary/aromatic N) is 2. The Kier molecular flexibility index (Phi) is 6.52. The second kappa shape index (κ2) is 7.40. The van der Waals surface area contributed by atoms with Gasteiger partial charge in [-0.25, -0.2) is 0 Å². The summed E-state index contributed by atoms with van der Waals surface area (Å²) in [5.41, 5.74) is 7.76. The van der Waals surface area contributed by atoms with Crippen LogP contribution in [0.5, 0.6) is 0 Å². The largest absolute Gasteiger partial charge is 0.328 e. The highest BCUT2D eigenvalue weighted by atomic mass is 79.9. The Balaban J connectivity index is 2.77. The fourth-order valence-electron chi connectivity index (χ4n) is 1.70. The molecule has 2 N–H and O–H groups in total. The summed E-state index contributed by atoms with van der Waals surface area (Å²) >= 11 is 3.57. The van der Waals surface area contributed by atoms with Crippen LogP contribution in [0.4, 0.5) is 0 Å². The SMILES string of the molecule is CCc1nn(CC)c(CS(=O)CCC(C)N)c1Br. The number of halogens is 1. The number of aromatic nitrogens is 2. The normalized spacial score (nSPS) is 14.7. The van der Waals surface area contributed by atoms with Crippen molar-refractivity contribution in [2.45, 2.75) is 52.0 Å². The van der Waals surface area contributed by atoms with Crippen LogP contribution in [0.1, 0.15) is 38.6 Å². The van der Waals surface area contributed by atoms with E-state index in [1.807, 2.05) is 18.5 Å². The molecule has 0 bridgehead atoms. The monoisotopic (exact) mass is 335 g/mol. The van der Waals surface area contributed by atoms with Gasteiger partial charge in [-0.3, -0.25) is 8.89 Å². The molecule has 4 nitrogen and oxygen atoms in total. The van der Waals surface area contributed by atoms with Crippen molar-refractivity contribution in [3.63, 3.8) is 0 Å². The third-order valence-corrected chi connectivity index (χ3v) is 4.99. The summed E-state index contributed by atoms with van der Waals surface area (Å²) in [6.45, 7) is 6.87. The third-order valence-electron chi connectivity index (χ3n) is 2.79. The molecular weight excluding hydrogens is 314 g/mol. The van der Waals surface area contributed by atoms with Gasteiger partial charge < -0.3 is 5.73 Å². The second-order valence-electron chi connectivity index (χ2n) is 4.43. The Morgan fingerprint density at radius 1 is 1.50 bits per heavy atom. The summed E-state index contributed by atoms with van der Waals surface area (Å²) in [5.74, 6) is 1.20. The van der Waals surface area contributed by atoms with E-state index in [9.17, 15) is 4.21 Å². The van der Waals surface area contributed by atoms with Gasteiger partial charge in [-0.05, 0) is 42.6 Å². The molecular formula is C12H22BrN3OS. The van der Waals surface area contributed by atoms with Crippen LogP contribution in [0.15, 0.2) is 4.47 Å². The van der Waals surface area contributed by atoms with Crippen molar-refractivity contribution in [1.82, 2.24) is 9.78 Å². The van der Waals surface area contributed by atoms with Crippen molar-refractivity contribution < 1.29 is 4.21 Å². The van der Waals surface area contributed by atoms with E-state index in [1.165, 1.54) is 0 Å². The van der Waals surface area contributed by atoms with Gasteiger partial charge in [0.15, 0.2) is 0 Å². The van der Waals surface area contributed by atoms with Crippen LogP contribution in [0.3, 0.4) is 0 Å². The van der Waals surface area contributed by atoms with Crippen molar-refractivity contribution in [1.29, 1.82) is 0 Å². The smallest absolute Gasteiger partial charge is 0.0767 e. The highest BCUT2D eigenvalue weighted by Gasteiger charge is 2.16. The Morgan fingerprint density at radius 2 is 2.17 bits per heavy atom. The van der Waals surface area contributed by atoms with Gasteiger partial charge in [0, 0.05) is 29.1 Å². The Morgan fingerprint density at radius 3 is 2.67 bits per heavy atom. The van der Waals surface area contributed by atoms with Gasteiger partial charge >= 0.3 is 0 Å². The van der Waals surface area contributed by atoms with E-state index in [0.29, 0.717) is 11.5 Å². The zero-order valence-corrected chi connectivity index (χ0v) is 13.7. The fourth-order valence-corrected chi connectivity index (χ4v) is 3.96. The average Bonchev–Trinajstić information content (AvgIpc) is 2.63. The van der Waals surface area contributed by atoms with Crippen LogP contribution >= 0.6 is 15.9 Å². The van der Waals surface area contributed by atoms with E-state index in [0.717, 1.165) is 35.2 Å². The molecule has 0 radical (unpaired) electrons. The van der Waals surface area contributed by atoms with Crippen LogP contribution < -0.4 is 5.73 Å². The molecule has 1 aromatic heterocycles. The molecule has 0 amide bonds. The summed E-state index contributed by atoms with van der Waals surface area (Å²) in [6, 6.07) is 0.111. The number of rotatable bonds is 7. The third kappa shape index (κ3) is 4.17. The van der Waals surface area contributed by atoms with Crippen LogP contribution in [0.25, 0.3) is 0 Å². The first-order valence-corrected chi connectivity index (χ1v) is 8.62. The Hall–Kier alpha value is -0.200. The molecule has 18 heavy (non-hydrogen) atoms. The maximum Gasteiger partial charge on any atom is 0.0767 e. The summed E-state index contributed by atoms with van der Waals surface area (Å²) in [4.78, 5) is 0. The van der Waals surface area contributed by atoms with Gasteiger partial charge in [-0.15, -0.1) is 0 Å². The molecule has 0 aliphatic heterocycles. The number of aryl methyl sites for hydroxylation is 2. The molecule has 1 aromatic rings. The molecule has 0 saturated heterocycles. The van der Waals surface area contributed by atoms with E-state index >= 15 is 0 Å². The zero-order chi connectivity index (χ0) is 13.7. The highest BCUT2D eigenvalue weighted by molar-refractivity contribution is 9.10. The summed E-state index contributed by atoms with van der Waals surface area (Å²) in [7, 11) is -0.873. The minimum absolute atomic E-state index is 0.111. The van der Waals surface area contributed by atoms with Crippen LogP contribution in [-0.4, -0.2) is 25.8 Å². The Bertz CT molecular complexity index is 418. The molecule has 6 heteroatoms. The lowest BCUT2D eigenvalue weighted by Crippen LogP contribution is -2.18. The van der Waals surface area contributed by atoms with Gasteiger partial charge in [0.1, 0.15) is 0 Å². The first-order chi connectivity index (χ1) is 8.49. The van der Waals surface area contributed by atoms with E-state index in [-0.39, 0.29) is 6.04 Å². The van der Waals surface area contributed by atoms with Crippen molar-refractivity contribution in [3.05, 3.63) is 15.9 Å². The van der Waals surface area contributed by atoms with Crippen LogP contribution in [0.2, 0.25) is 0 Å². The van der Waals surface area contributed by atoms with Crippen molar-refractivity contribution in [2.24, 2.45) is 5.73 Å². The number of hydrogen-bond donors (Lipinski definition) is 1. The van der Waals surface area contributed by atoms with Gasteiger partial charge in [0.2, 0.25) is 0 Å². The Labute approximate surface area is 120 Å². The molecule has 0 fully saturated rings. The topological polar surface area (TPSA) is 60.9 Å². The number of hydrogen-bond acceptors (Lipinski definition) is 3. The minimum atomic E-state index is -0.873. The predicted octanol–water partition coefficient (Wildman–Crippen LogP) is 2.21. The lowest BCUT2D eigenvalue weighted by molar-refractivity contribution is 0.622. The predicted molar refractivity (Wildman–Crippen MR) is 80.0 cm³/mol. The maximum atomic E-state index is 12.0. The molecule has 0 saturated carbocycles. The lowest BCUT2D eigenvalue weighted by Gasteiger charge is -2.07. The molecule has 104 valence electrons. The molecule has 0 aliphatic rings. The summed E-state index contributed by atoms with van der Waals surface area (Å²) < 4.78 is 15.0. The molecule has 2 unspecified atom stereocenters. The quantitative estimate of drug-likeness (QED) is 0.830. The minimum Gasteiger partial charge on any atom is -0.328 e. The molecule has 1 heterocycles. The van der Waals surface area contributed by atoms with E-state index < -0.39 is 10.8 Å².